The normalized spacial score (nSPS) is 11.7. The predicted molar refractivity (Wildman–Crippen MR) is 128 cm³/mol. The molecule has 31 heavy (non-hydrogen) atoms. The van der Waals surface area contributed by atoms with Crippen LogP contribution >= 0.6 is 34.3 Å². The van der Waals surface area contributed by atoms with Crippen LogP contribution in [0.15, 0.2) is 39.8 Å². The molecule has 6 nitrogen and oxygen atoms in total. The highest BCUT2D eigenvalue weighted by Gasteiger charge is 2.16. The van der Waals surface area contributed by atoms with Gasteiger partial charge >= 0.3 is 0 Å². The average Bonchev–Trinajstić information content (AvgIpc) is 3.44. The summed E-state index contributed by atoms with van der Waals surface area (Å²) >= 11 is 9.53. The van der Waals surface area contributed by atoms with Gasteiger partial charge in [-0.3, -0.25) is 4.79 Å². The average molecular weight is 475 g/mol. The summed E-state index contributed by atoms with van der Waals surface area (Å²) in [7, 11) is 3.11. The van der Waals surface area contributed by atoms with Gasteiger partial charge in [-0.2, -0.15) is 0 Å². The quantitative estimate of drug-likeness (QED) is 0.363. The molecule has 0 atom stereocenters. The number of halogens is 1. The van der Waals surface area contributed by atoms with Crippen molar-refractivity contribution in [2.75, 3.05) is 20.8 Å². The van der Waals surface area contributed by atoms with Crippen LogP contribution in [0.1, 0.15) is 18.3 Å². The van der Waals surface area contributed by atoms with Crippen molar-refractivity contribution in [1.82, 2.24) is 9.97 Å². The summed E-state index contributed by atoms with van der Waals surface area (Å²) in [6.07, 6.45) is 1.69. The van der Waals surface area contributed by atoms with E-state index in [0.29, 0.717) is 44.9 Å². The van der Waals surface area contributed by atoms with E-state index >= 15 is 0 Å². The van der Waals surface area contributed by atoms with E-state index in [4.69, 9.17) is 25.8 Å². The highest BCUT2D eigenvalue weighted by molar-refractivity contribution is 7.18. The van der Waals surface area contributed by atoms with Crippen molar-refractivity contribution >= 4 is 55.6 Å². The molecule has 0 spiro atoms. The molecule has 1 aromatic carbocycles. The van der Waals surface area contributed by atoms with Gasteiger partial charge in [0.1, 0.15) is 4.83 Å². The second-order valence-corrected chi connectivity index (χ2v) is 8.61. The van der Waals surface area contributed by atoms with Crippen LogP contribution in [0.25, 0.3) is 31.8 Å². The minimum atomic E-state index is -0.224. The number of benzene rings is 1. The maximum atomic E-state index is 12.8. The molecular formula is C22H19ClN2O4S2. The molecule has 3 aromatic heterocycles. The number of hydrogen-bond acceptors (Lipinski definition) is 7. The number of hydrogen-bond donors (Lipinski definition) is 1. The summed E-state index contributed by atoms with van der Waals surface area (Å²) < 4.78 is 16.5. The Balaban J connectivity index is 1.76. The summed E-state index contributed by atoms with van der Waals surface area (Å²) in [5, 5.41) is 4.79. The molecule has 0 radical (unpaired) electrons. The number of aromatic amines is 1. The zero-order chi connectivity index (χ0) is 22.0. The number of ether oxygens (including phenoxy) is 3. The largest absolute Gasteiger partial charge is 0.493 e. The molecule has 0 aliphatic rings. The van der Waals surface area contributed by atoms with Crippen molar-refractivity contribution in [2.45, 2.75) is 6.92 Å². The lowest BCUT2D eigenvalue weighted by Crippen LogP contribution is -2.10. The Morgan fingerprint density at radius 2 is 1.97 bits per heavy atom. The van der Waals surface area contributed by atoms with Gasteiger partial charge in [-0.15, -0.1) is 22.7 Å². The molecule has 0 amide bonds. The van der Waals surface area contributed by atoms with Crippen molar-refractivity contribution in [3.05, 3.63) is 56.8 Å². The van der Waals surface area contributed by atoms with E-state index in [-0.39, 0.29) is 5.56 Å². The minimum Gasteiger partial charge on any atom is -0.493 e. The molecule has 0 aliphatic heterocycles. The van der Waals surface area contributed by atoms with Gasteiger partial charge < -0.3 is 19.2 Å². The molecule has 160 valence electrons. The zero-order valence-electron chi connectivity index (χ0n) is 17.0. The number of thiophene rings is 2. The van der Waals surface area contributed by atoms with Crippen LogP contribution in [0, 0.1) is 0 Å². The van der Waals surface area contributed by atoms with E-state index in [2.05, 4.69) is 9.97 Å². The molecule has 0 aliphatic carbocycles. The van der Waals surface area contributed by atoms with E-state index < -0.39 is 0 Å². The van der Waals surface area contributed by atoms with Gasteiger partial charge in [-0.1, -0.05) is 17.7 Å². The van der Waals surface area contributed by atoms with Crippen LogP contribution in [0.4, 0.5) is 0 Å². The molecule has 0 saturated carbocycles. The van der Waals surface area contributed by atoms with Crippen LogP contribution in [0.5, 0.6) is 17.2 Å². The fourth-order valence-electron chi connectivity index (χ4n) is 3.16. The van der Waals surface area contributed by atoms with Crippen LogP contribution < -0.4 is 19.8 Å². The lowest BCUT2D eigenvalue weighted by molar-refractivity contribution is 0.288. The first-order valence-electron chi connectivity index (χ1n) is 9.37. The van der Waals surface area contributed by atoms with Gasteiger partial charge in [0.25, 0.3) is 5.56 Å². The Hall–Kier alpha value is -2.81. The number of methoxy groups -OCH3 is 2. The number of rotatable bonds is 7. The lowest BCUT2D eigenvalue weighted by atomic mass is 10.1. The lowest BCUT2D eigenvalue weighted by Gasteiger charge is -2.14. The van der Waals surface area contributed by atoms with Gasteiger partial charge in [0.05, 0.1) is 31.2 Å². The number of nitrogens with zero attached hydrogens (tertiary/aromatic N) is 1. The molecule has 0 fully saturated rings. The molecule has 3 heterocycles. The van der Waals surface area contributed by atoms with E-state index in [1.807, 2.05) is 29.8 Å². The SMILES string of the molecule is CCOc1c(OC)cc(/C=C(/Cl)c2nc3scc(-c4cccs4)c3c(=O)[nH]2)cc1OC. The third-order valence-corrected chi connectivity index (χ3v) is 6.59. The maximum absolute atomic E-state index is 12.8. The Kier molecular flexibility index (Phi) is 6.31. The summed E-state index contributed by atoms with van der Waals surface area (Å²) in [5.74, 6) is 1.86. The van der Waals surface area contributed by atoms with Crippen molar-refractivity contribution in [3.8, 4) is 27.7 Å². The Labute approximate surface area is 191 Å². The number of aromatic nitrogens is 2. The van der Waals surface area contributed by atoms with E-state index in [1.165, 1.54) is 11.3 Å². The second kappa shape index (κ2) is 9.13. The van der Waals surface area contributed by atoms with Crippen LogP contribution in [0.3, 0.4) is 0 Å². The first kappa shape index (κ1) is 21.4. The van der Waals surface area contributed by atoms with Crippen molar-refractivity contribution in [1.29, 1.82) is 0 Å². The van der Waals surface area contributed by atoms with Crippen molar-refractivity contribution in [3.63, 3.8) is 0 Å². The fraction of sp³-hybridized carbons (Fsp3) is 0.182. The Bertz CT molecular complexity index is 1280. The summed E-state index contributed by atoms with van der Waals surface area (Å²) in [5.41, 5.74) is 1.38. The van der Waals surface area contributed by atoms with E-state index in [0.717, 1.165) is 16.0 Å². The van der Waals surface area contributed by atoms with Crippen LogP contribution in [-0.2, 0) is 0 Å². The van der Waals surface area contributed by atoms with Gasteiger partial charge in [-0.05, 0) is 42.1 Å². The number of nitrogens with one attached hydrogen (secondary N) is 1. The highest BCUT2D eigenvalue weighted by atomic mass is 35.5. The van der Waals surface area contributed by atoms with E-state index in [9.17, 15) is 4.79 Å². The Morgan fingerprint density at radius 1 is 1.23 bits per heavy atom. The smallest absolute Gasteiger partial charge is 0.260 e. The Morgan fingerprint density at radius 3 is 2.58 bits per heavy atom. The first-order chi connectivity index (χ1) is 15.0. The summed E-state index contributed by atoms with van der Waals surface area (Å²) in [6.45, 7) is 2.36. The molecular weight excluding hydrogens is 456 g/mol. The molecule has 9 heteroatoms. The third-order valence-electron chi connectivity index (χ3n) is 4.52. The standard InChI is InChI=1S/C22H19ClN2O4S2/c1-4-29-19-15(27-2)9-12(10-16(19)28-3)8-14(23)20-24-21(26)18-13(11-31-22(18)25-20)17-6-5-7-30-17/h5-11H,4H2,1-3H3,(H,24,25,26)/b14-8+. The highest BCUT2D eigenvalue weighted by Crippen LogP contribution is 2.40. The molecule has 0 unspecified atom stereocenters. The third kappa shape index (κ3) is 4.19. The summed E-state index contributed by atoms with van der Waals surface area (Å²) in [4.78, 5) is 21.9. The molecule has 4 rings (SSSR count). The van der Waals surface area contributed by atoms with Gasteiger partial charge in [0, 0.05) is 15.8 Å². The predicted octanol–water partition coefficient (Wildman–Crippen LogP) is 5.87. The maximum Gasteiger partial charge on any atom is 0.260 e. The molecule has 4 aromatic rings. The fourth-order valence-corrected chi connectivity index (χ4v) is 5.14. The van der Waals surface area contributed by atoms with Crippen LogP contribution in [-0.4, -0.2) is 30.8 Å². The molecule has 1 N–H and O–H groups in total. The molecule has 0 bridgehead atoms. The molecule has 0 saturated heterocycles. The van der Waals surface area contributed by atoms with Crippen molar-refractivity contribution < 1.29 is 14.2 Å². The van der Waals surface area contributed by atoms with E-state index in [1.54, 1.807) is 43.8 Å². The number of H-pyrrole nitrogens is 1. The number of fused-ring (bicyclic) bond motifs is 1. The second-order valence-electron chi connectivity index (χ2n) is 6.40. The zero-order valence-corrected chi connectivity index (χ0v) is 19.4. The van der Waals surface area contributed by atoms with Gasteiger partial charge in [-0.25, -0.2) is 4.98 Å². The summed E-state index contributed by atoms with van der Waals surface area (Å²) in [6, 6.07) is 7.51. The first-order valence-corrected chi connectivity index (χ1v) is 11.5. The van der Waals surface area contributed by atoms with Crippen LogP contribution in [0.2, 0.25) is 0 Å². The van der Waals surface area contributed by atoms with Gasteiger partial charge in [0.15, 0.2) is 17.3 Å². The van der Waals surface area contributed by atoms with Crippen molar-refractivity contribution in [2.24, 2.45) is 0 Å². The van der Waals surface area contributed by atoms with Gasteiger partial charge in [0.2, 0.25) is 5.75 Å². The topological polar surface area (TPSA) is 73.4 Å². The monoisotopic (exact) mass is 474 g/mol. The minimum absolute atomic E-state index is 0.224.